The van der Waals surface area contributed by atoms with Gasteiger partial charge in [-0.1, -0.05) is 48.5 Å². The maximum Gasteiger partial charge on any atom is 0.284 e. The third-order valence-electron chi connectivity index (χ3n) is 7.06. The van der Waals surface area contributed by atoms with Crippen molar-refractivity contribution in [1.29, 1.82) is 0 Å². The number of fused-ring (bicyclic) bond motifs is 3. The van der Waals surface area contributed by atoms with E-state index in [2.05, 4.69) is 48.5 Å². The van der Waals surface area contributed by atoms with Crippen molar-refractivity contribution < 1.29 is 24.3 Å². The van der Waals surface area contributed by atoms with Crippen molar-refractivity contribution in [2.45, 2.75) is 13.2 Å². The van der Waals surface area contributed by atoms with Gasteiger partial charge in [0.05, 0.1) is 39.6 Å². The van der Waals surface area contributed by atoms with Gasteiger partial charge in [0.25, 0.3) is 17.1 Å². The Hall–Kier alpha value is -5.55. The predicted molar refractivity (Wildman–Crippen MR) is 145 cm³/mol. The number of ketones is 1. The molecule has 0 spiro atoms. The van der Waals surface area contributed by atoms with E-state index in [4.69, 9.17) is 4.74 Å². The van der Waals surface area contributed by atoms with Crippen molar-refractivity contribution in [1.82, 2.24) is 0 Å². The molecule has 0 fully saturated rings. The molecule has 0 amide bonds. The molecule has 0 aromatic heterocycles. The van der Waals surface area contributed by atoms with Crippen LogP contribution >= 0.6 is 0 Å². The highest BCUT2D eigenvalue weighted by Gasteiger charge is 2.37. The molecule has 0 radical (unpaired) electrons. The number of hydrogen-bond donors (Lipinski definition) is 0. The molecule has 40 heavy (non-hydrogen) atoms. The summed E-state index contributed by atoms with van der Waals surface area (Å²) in [7, 11) is 0. The molecule has 196 valence electrons. The van der Waals surface area contributed by atoms with E-state index in [1.54, 1.807) is 0 Å². The molecule has 1 aliphatic heterocycles. The summed E-state index contributed by atoms with van der Waals surface area (Å²) >= 11 is 0. The first kappa shape index (κ1) is 24.8. The third-order valence-corrected chi connectivity index (χ3v) is 7.06. The summed E-state index contributed by atoms with van der Waals surface area (Å²) in [6.45, 7) is 1.43. The fourth-order valence-corrected chi connectivity index (χ4v) is 5.34. The fourth-order valence-electron chi connectivity index (χ4n) is 5.34. The summed E-state index contributed by atoms with van der Waals surface area (Å²) in [5.74, 6) is -0.717. The van der Waals surface area contributed by atoms with E-state index in [1.165, 1.54) is 38.7 Å². The van der Waals surface area contributed by atoms with Gasteiger partial charge >= 0.3 is 0 Å². The number of hydrogen-bond acceptors (Lipinski definition) is 8. The van der Waals surface area contributed by atoms with Gasteiger partial charge in [0.2, 0.25) is 0 Å². The first-order valence-electron chi connectivity index (χ1n) is 12.0. The Kier molecular flexibility index (Phi) is 5.78. The summed E-state index contributed by atoms with van der Waals surface area (Å²) in [5.41, 5.74) is 0.881. The molecule has 1 heterocycles. The van der Waals surface area contributed by atoms with Crippen LogP contribution in [0.5, 0.6) is 0 Å². The number of nitrogens with zero attached hydrogens (tertiary/aromatic N) is 3. The van der Waals surface area contributed by atoms with Crippen LogP contribution in [-0.4, -0.2) is 20.6 Å². The van der Waals surface area contributed by atoms with Gasteiger partial charge in [0.15, 0.2) is 5.78 Å². The summed E-state index contributed by atoms with van der Waals surface area (Å²) in [6, 6.07) is 22.4. The number of nitro groups is 3. The number of non-ortho nitro benzene ring substituents is 2. The first-order valence-corrected chi connectivity index (χ1v) is 12.0. The SMILES string of the molecule is O=C1c2cc([N+](=O)[O-])ccc2-c2c1cc([N+](=O)[O-])cc2[N+](=O)[O-].c1cc2c3c(c1)ccc1cccc(c13)COC2. The largest absolute Gasteiger partial charge is 0.372 e. The topological polar surface area (TPSA) is 156 Å². The molecule has 1 aliphatic carbocycles. The van der Waals surface area contributed by atoms with Crippen molar-refractivity contribution in [3.8, 4) is 11.1 Å². The van der Waals surface area contributed by atoms with Gasteiger partial charge in [-0.05, 0) is 38.7 Å². The number of benzene rings is 5. The Labute approximate surface area is 224 Å². The molecule has 11 nitrogen and oxygen atoms in total. The van der Waals surface area contributed by atoms with Gasteiger partial charge in [-0.2, -0.15) is 0 Å². The van der Waals surface area contributed by atoms with Crippen molar-refractivity contribution >= 4 is 44.4 Å². The minimum atomic E-state index is -0.841. The Morgan fingerprint density at radius 2 is 1.18 bits per heavy atom. The second-order valence-corrected chi connectivity index (χ2v) is 9.31. The molecule has 0 saturated heterocycles. The highest BCUT2D eigenvalue weighted by atomic mass is 16.6. The van der Waals surface area contributed by atoms with Crippen LogP contribution < -0.4 is 0 Å². The molecule has 0 bridgehead atoms. The maximum atomic E-state index is 12.3. The normalized spacial score (nSPS) is 12.8. The Morgan fingerprint density at radius 1 is 0.600 bits per heavy atom. The zero-order valence-corrected chi connectivity index (χ0v) is 20.5. The van der Waals surface area contributed by atoms with Gasteiger partial charge in [-0.15, -0.1) is 0 Å². The van der Waals surface area contributed by atoms with Gasteiger partial charge < -0.3 is 4.74 Å². The van der Waals surface area contributed by atoms with Crippen LogP contribution in [0.25, 0.3) is 32.7 Å². The number of carbonyl (C=O) groups is 1. The van der Waals surface area contributed by atoms with Gasteiger partial charge in [-0.3, -0.25) is 35.1 Å². The zero-order valence-electron chi connectivity index (χ0n) is 20.5. The van der Waals surface area contributed by atoms with E-state index in [-0.39, 0.29) is 27.9 Å². The van der Waals surface area contributed by atoms with E-state index < -0.39 is 31.9 Å². The molecule has 2 aliphatic rings. The lowest BCUT2D eigenvalue weighted by Gasteiger charge is -2.08. The highest BCUT2D eigenvalue weighted by Crippen LogP contribution is 2.45. The Morgan fingerprint density at radius 3 is 1.73 bits per heavy atom. The van der Waals surface area contributed by atoms with Crippen LogP contribution in [0.4, 0.5) is 17.1 Å². The first-order chi connectivity index (χ1) is 19.2. The van der Waals surface area contributed by atoms with Crippen LogP contribution in [0.1, 0.15) is 27.0 Å². The van der Waals surface area contributed by atoms with Crippen LogP contribution in [0.2, 0.25) is 0 Å². The molecule has 0 unspecified atom stereocenters. The summed E-state index contributed by atoms with van der Waals surface area (Å²) in [5, 5.41) is 38.2. The van der Waals surface area contributed by atoms with Crippen molar-refractivity contribution in [3.63, 3.8) is 0 Å². The van der Waals surface area contributed by atoms with Crippen molar-refractivity contribution in [2.75, 3.05) is 0 Å². The van der Waals surface area contributed by atoms with Gasteiger partial charge in [0, 0.05) is 34.9 Å². The molecule has 5 aromatic carbocycles. The predicted octanol–water partition coefficient (Wildman–Crippen LogP) is 6.65. The molecule has 5 aromatic rings. The molecule has 7 rings (SSSR count). The van der Waals surface area contributed by atoms with Crippen molar-refractivity contribution in [3.05, 3.63) is 131 Å². The van der Waals surface area contributed by atoms with E-state index in [0.717, 1.165) is 24.3 Å². The van der Waals surface area contributed by atoms with E-state index in [1.807, 2.05) is 0 Å². The Bertz CT molecular complexity index is 1890. The van der Waals surface area contributed by atoms with Crippen LogP contribution in [0.3, 0.4) is 0 Å². The average molecular weight is 535 g/mol. The van der Waals surface area contributed by atoms with E-state index >= 15 is 0 Å². The number of rotatable bonds is 3. The lowest BCUT2D eigenvalue weighted by Crippen LogP contribution is -2.00. The minimum absolute atomic E-state index is 0.0597. The smallest absolute Gasteiger partial charge is 0.284 e. The quantitative estimate of drug-likeness (QED) is 0.139. The van der Waals surface area contributed by atoms with Crippen LogP contribution in [-0.2, 0) is 18.0 Å². The van der Waals surface area contributed by atoms with Gasteiger partial charge in [-0.25, -0.2) is 0 Å². The molecule has 0 saturated carbocycles. The standard InChI is InChI=1S/C16H12O.C13H5N3O7/c1-3-11-7-8-12-4-2-6-14-10-17-9-13(5-1)15(11)16(12)14;17-13-9-3-6(14(18)19)1-2-8(9)12-10(13)4-7(15(20)21)5-11(12)16(22)23/h1-8H,9-10H2;1-5H. The number of ether oxygens (including phenoxy) is 1. The fraction of sp³-hybridized carbons (Fsp3) is 0.0690. The van der Waals surface area contributed by atoms with Crippen LogP contribution in [0, 0.1) is 30.3 Å². The second kappa shape index (κ2) is 9.33. The zero-order chi connectivity index (χ0) is 28.1. The second-order valence-electron chi connectivity index (χ2n) is 9.31. The van der Waals surface area contributed by atoms with E-state index in [9.17, 15) is 35.1 Å². The molecular weight excluding hydrogens is 518 g/mol. The summed E-state index contributed by atoms with van der Waals surface area (Å²) < 4.78 is 5.76. The lowest BCUT2D eigenvalue weighted by molar-refractivity contribution is -0.393. The summed E-state index contributed by atoms with van der Waals surface area (Å²) in [6.07, 6.45) is 0. The molecule has 0 atom stereocenters. The molecule has 11 heteroatoms. The number of nitro benzene ring substituents is 3. The highest BCUT2D eigenvalue weighted by molar-refractivity contribution is 6.23. The summed E-state index contributed by atoms with van der Waals surface area (Å²) in [4.78, 5) is 42.8. The molecule has 0 N–H and O–H groups in total. The molecular formula is C29H17N3O8. The minimum Gasteiger partial charge on any atom is -0.372 e. The third kappa shape index (κ3) is 3.92. The van der Waals surface area contributed by atoms with Gasteiger partial charge in [0.1, 0.15) is 0 Å². The lowest BCUT2D eigenvalue weighted by atomic mass is 9.95. The van der Waals surface area contributed by atoms with E-state index in [0.29, 0.717) is 13.2 Å². The maximum absolute atomic E-state index is 12.3. The average Bonchev–Trinajstić information content (AvgIpc) is 3.09. The van der Waals surface area contributed by atoms with Crippen LogP contribution in [0.15, 0.2) is 78.9 Å². The Balaban J connectivity index is 0.000000150. The van der Waals surface area contributed by atoms with Crippen molar-refractivity contribution in [2.24, 2.45) is 0 Å². The monoisotopic (exact) mass is 535 g/mol. The number of carbonyl (C=O) groups excluding carboxylic acids is 1.